The summed E-state index contributed by atoms with van der Waals surface area (Å²) in [5.41, 5.74) is 0. The van der Waals surface area contributed by atoms with E-state index in [0.29, 0.717) is 12.8 Å². The summed E-state index contributed by atoms with van der Waals surface area (Å²) in [7, 11) is 0. The van der Waals surface area contributed by atoms with Gasteiger partial charge in [0.2, 0.25) is 0 Å². The van der Waals surface area contributed by atoms with Crippen LogP contribution in [0.5, 0.6) is 0 Å². The molecule has 0 atom stereocenters. The Morgan fingerprint density at radius 1 is 0.688 bits per heavy atom. The minimum Gasteiger partial charge on any atom is -0.303 e. The zero-order valence-electron chi connectivity index (χ0n) is 10.9. The molecule has 0 aromatic rings. The molecule has 0 aliphatic carbocycles. The molecule has 0 aromatic heterocycles. The number of hydrogen-bond acceptors (Lipinski definition) is 3. The van der Waals surface area contributed by atoms with E-state index in [9.17, 15) is 14.4 Å². The predicted octanol–water partition coefficient (Wildman–Crippen LogP) is 3.35. The third-order valence-corrected chi connectivity index (χ3v) is 1.50. The Hall–Kier alpha value is -0.990. The molecule has 0 aromatic carbocycles. The van der Waals surface area contributed by atoms with Crippen molar-refractivity contribution in [2.75, 3.05) is 0 Å². The van der Waals surface area contributed by atoms with Crippen LogP contribution >= 0.6 is 0 Å². The molecule has 16 heavy (non-hydrogen) atoms. The minimum atomic E-state index is 0.639. The summed E-state index contributed by atoms with van der Waals surface area (Å²) in [6.45, 7) is 5.92. The summed E-state index contributed by atoms with van der Waals surface area (Å²) in [5, 5.41) is 0. The first-order valence-corrected chi connectivity index (χ1v) is 6.05. The second-order valence-corrected chi connectivity index (χ2v) is 3.19. The summed E-state index contributed by atoms with van der Waals surface area (Å²) < 4.78 is 0. The molecule has 0 N–H and O–H groups in total. The smallest absolute Gasteiger partial charge is 0.119 e. The maximum absolute atomic E-state index is 9.68. The topological polar surface area (TPSA) is 51.2 Å². The van der Waals surface area contributed by atoms with Crippen molar-refractivity contribution in [1.29, 1.82) is 0 Å². The molecule has 96 valence electrons. The molecule has 0 saturated heterocycles. The van der Waals surface area contributed by atoms with Crippen LogP contribution < -0.4 is 0 Å². The molecule has 0 rings (SSSR count). The van der Waals surface area contributed by atoms with Gasteiger partial charge in [0.05, 0.1) is 0 Å². The third kappa shape index (κ3) is 52.0. The summed E-state index contributed by atoms with van der Waals surface area (Å²) in [4.78, 5) is 28.3. The molecule has 0 aliphatic heterocycles. The van der Waals surface area contributed by atoms with Crippen LogP contribution in [0.25, 0.3) is 0 Å². The number of hydrogen-bond donors (Lipinski definition) is 0. The van der Waals surface area contributed by atoms with Gasteiger partial charge in [-0.3, -0.25) is 0 Å². The van der Waals surface area contributed by atoms with E-state index in [-0.39, 0.29) is 0 Å². The van der Waals surface area contributed by atoms with Gasteiger partial charge < -0.3 is 14.4 Å². The highest BCUT2D eigenvalue weighted by molar-refractivity contribution is 5.49. The molecule has 0 aliphatic rings. The number of carbonyl (C=O) groups excluding carboxylic acids is 3. The van der Waals surface area contributed by atoms with E-state index in [2.05, 4.69) is 6.92 Å². The first kappa shape index (κ1) is 20.4. The van der Waals surface area contributed by atoms with Crippen LogP contribution in [0.15, 0.2) is 0 Å². The van der Waals surface area contributed by atoms with E-state index in [1.807, 2.05) is 13.8 Å². The van der Waals surface area contributed by atoms with Crippen molar-refractivity contribution >= 4 is 18.9 Å². The maximum Gasteiger partial charge on any atom is 0.119 e. The molecule has 0 unspecified atom stereocenters. The fourth-order valence-electron chi connectivity index (χ4n) is 0.596. The molecule has 0 heterocycles. The highest BCUT2D eigenvalue weighted by Crippen LogP contribution is 1.94. The fourth-order valence-corrected chi connectivity index (χ4v) is 0.596. The molecule has 3 heteroatoms. The van der Waals surface area contributed by atoms with Gasteiger partial charge in [-0.2, -0.15) is 0 Å². The monoisotopic (exact) mass is 230 g/mol. The highest BCUT2D eigenvalue weighted by Gasteiger charge is 1.80. The number of aldehydes is 3. The Morgan fingerprint density at radius 3 is 1.38 bits per heavy atom. The van der Waals surface area contributed by atoms with Crippen molar-refractivity contribution < 1.29 is 14.4 Å². The van der Waals surface area contributed by atoms with Gasteiger partial charge in [0.15, 0.2) is 0 Å². The van der Waals surface area contributed by atoms with Crippen LogP contribution in [0.4, 0.5) is 0 Å². The van der Waals surface area contributed by atoms with Crippen molar-refractivity contribution in [2.24, 2.45) is 0 Å². The maximum atomic E-state index is 9.68. The average Bonchev–Trinajstić information content (AvgIpc) is 2.32. The van der Waals surface area contributed by atoms with Gasteiger partial charge >= 0.3 is 0 Å². The van der Waals surface area contributed by atoms with Crippen LogP contribution in [0.1, 0.15) is 65.7 Å². The van der Waals surface area contributed by atoms with Gasteiger partial charge in [0.1, 0.15) is 18.9 Å². The van der Waals surface area contributed by atoms with Crippen molar-refractivity contribution in [1.82, 2.24) is 0 Å². The van der Waals surface area contributed by atoms with Crippen LogP contribution in [0.3, 0.4) is 0 Å². The normalized spacial score (nSPS) is 7.69. The quantitative estimate of drug-likeness (QED) is 0.498. The van der Waals surface area contributed by atoms with E-state index < -0.39 is 0 Å². The fraction of sp³-hybridized carbons (Fsp3) is 0.769. The van der Waals surface area contributed by atoms with Crippen molar-refractivity contribution in [3.05, 3.63) is 0 Å². The summed E-state index contributed by atoms with van der Waals surface area (Å²) in [6, 6.07) is 0. The first-order valence-electron chi connectivity index (χ1n) is 6.05. The Balaban J connectivity index is -0.000000166. The lowest BCUT2D eigenvalue weighted by Crippen LogP contribution is -1.73. The van der Waals surface area contributed by atoms with Gasteiger partial charge in [0, 0.05) is 19.3 Å². The standard InChI is InChI=1S/C6H12O.C4H8O.C3H6O/c1-2-3-4-5-6-7;1-2-3-4-5;1-2-3-4/h6H,2-5H2,1H3;4H,2-3H2,1H3;3H,2H2,1H3. The van der Waals surface area contributed by atoms with Gasteiger partial charge in [-0.25, -0.2) is 0 Å². The molecular weight excluding hydrogens is 204 g/mol. The molecule has 0 fully saturated rings. The number of unbranched alkanes of at least 4 members (excludes halogenated alkanes) is 4. The molecular formula is C13H26O3. The van der Waals surface area contributed by atoms with Crippen LogP contribution in [-0.2, 0) is 14.4 Å². The van der Waals surface area contributed by atoms with Crippen LogP contribution in [0, 0.1) is 0 Å². The van der Waals surface area contributed by atoms with Crippen molar-refractivity contribution in [2.45, 2.75) is 65.7 Å². The van der Waals surface area contributed by atoms with E-state index in [0.717, 1.165) is 38.1 Å². The lowest BCUT2D eigenvalue weighted by molar-refractivity contribution is -0.108. The Labute approximate surface area is 99.6 Å². The SMILES string of the molecule is CCC=O.CCCC=O.CCCCCC=O. The largest absolute Gasteiger partial charge is 0.303 e. The zero-order chi connectivity index (χ0) is 13.1. The Bertz CT molecular complexity index is 133. The van der Waals surface area contributed by atoms with E-state index in [1.165, 1.54) is 12.8 Å². The van der Waals surface area contributed by atoms with Gasteiger partial charge in [-0.05, 0) is 12.8 Å². The molecule has 0 amide bonds. The van der Waals surface area contributed by atoms with Crippen molar-refractivity contribution in [3.8, 4) is 0 Å². The molecule has 0 spiro atoms. The van der Waals surface area contributed by atoms with Crippen LogP contribution in [-0.4, -0.2) is 18.9 Å². The molecule has 0 bridgehead atoms. The van der Waals surface area contributed by atoms with Crippen molar-refractivity contribution in [3.63, 3.8) is 0 Å². The number of carbonyl (C=O) groups is 3. The highest BCUT2D eigenvalue weighted by atomic mass is 16.1. The first-order chi connectivity index (χ1) is 7.74. The summed E-state index contributed by atoms with van der Waals surface area (Å²) in [6.07, 6.45) is 9.32. The lowest BCUT2D eigenvalue weighted by Gasteiger charge is -1.85. The predicted molar refractivity (Wildman–Crippen MR) is 67.5 cm³/mol. The number of rotatable bonds is 7. The second kappa shape index (κ2) is 29.2. The third-order valence-electron chi connectivity index (χ3n) is 1.50. The second-order valence-electron chi connectivity index (χ2n) is 3.19. The molecule has 0 radical (unpaired) electrons. The molecule has 3 nitrogen and oxygen atoms in total. The van der Waals surface area contributed by atoms with Gasteiger partial charge in [-0.1, -0.05) is 33.6 Å². The van der Waals surface area contributed by atoms with E-state index >= 15 is 0 Å². The summed E-state index contributed by atoms with van der Waals surface area (Å²) in [5.74, 6) is 0. The van der Waals surface area contributed by atoms with Gasteiger partial charge in [-0.15, -0.1) is 0 Å². The minimum absolute atomic E-state index is 0.639. The zero-order valence-corrected chi connectivity index (χ0v) is 10.9. The van der Waals surface area contributed by atoms with Crippen LogP contribution in [0.2, 0.25) is 0 Å². The lowest BCUT2D eigenvalue weighted by atomic mass is 10.2. The summed E-state index contributed by atoms with van der Waals surface area (Å²) >= 11 is 0. The Kier molecular flexibility index (Phi) is 37.3. The molecule has 0 saturated carbocycles. The van der Waals surface area contributed by atoms with E-state index in [1.54, 1.807) is 0 Å². The Morgan fingerprint density at radius 2 is 1.19 bits per heavy atom. The van der Waals surface area contributed by atoms with Gasteiger partial charge in [0.25, 0.3) is 0 Å². The average molecular weight is 230 g/mol. The van der Waals surface area contributed by atoms with E-state index in [4.69, 9.17) is 0 Å².